The largest absolute Gasteiger partial charge is 0.496 e. The number of piperazine rings is 1. The maximum atomic E-state index is 13.8. The molecule has 0 bridgehead atoms. The van der Waals surface area contributed by atoms with Crippen molar-refractivity contribution in [3.63, 3.8) is 0 Å². The summed E-state index contributed by atoms with van der Waals surface area (Å²) in [6.45, 7) is 5.08. The molecule has 12 heteroatoms. The van der Waals surface area contributed by atoms with Crippen molar-refractivity contribution in [2.24, 2.45) is 18.7 Å². The van der Waals surface area contributed by atoms with Gasteiger partial charge < -0.3 is 26.0 Å². The van der Waals surface area contributed by atoms with Crippen molar-refractivity contribution in [2.75, 3.05) is 38.6 Å². The summed E-state index contributed by atoms with van der Waals surface area (Å²) in [6.07, 6.45) is 5.67. The van der Waals surface area contributed by atoms with E-state index in [2.05, 4.69) is 26.7 Å². The fraction of sp³-hybridized carbons (Fsp3) is 0.486. The summed E-state index contributed by atoms with van der Waals surface area (Å²) in [5, 5.41) is 10.5. The van der Waals surface area contributed by atoms with Crippen LogP contribution in [0.15, 0.2) is 54.6 Å². The third-order valence-corrected chi connectivity index (χ3v) is 9.76. The lowest BCUT2D eigenvalue weighted by Gasteiger charge is -2.36. The lowest BCUT2D eigenvalue weighted by atomic mass is 9.78. The maximum absolute atomic E-state index is 13.8. The smallest absolute Gasteiger partial charge is 0.266 e. The third kappa shape index (κ3) is 9.05. The third-order valence-electron chi connectivity index (χ3n) is 9.76. The van der Waals surface area contributed by atoms with Crippen LogP contribution in [-0.4, -0.2) is 82.5 Å². The number of aromatic nitrogens is 2. The summed E-state index contributed by atoms with van der Waals surface area (Å²) in [6, 6.07) is 16.3. The zero-order valence-corrected chi connectivity index (χ0v) is 28.8. The van der Waals surface area contributed by atoms with Crippen LogP contribution < -0.4 is 21.1 Å². The summed E-state index contributed by atoms with van der Waals surface area (Å²) in [5.74, 6) is -0.594. The van der Waals surface area contributed by atoms with Crippen LogP contribution in [0.25, 0.3) is 0 Å². The molecule has 5 rings (SSSR count). The zero-order chi connectivity index (χ0) is 34.9. The van der Waals surface area contributed by atoms with Gasteiger partial charge in [-0.3, -0.25) is 28.8 Å². The van der Waals surface area contributed by atoms with Gasteiger partial charge in [-0.2, -0.15) is 5.10 Å². The first kappa shape index (κ1) is 35.6. The van der Waals surface area contributed by atoms with Crippen molar-refractivity contribution in [1.29, 1.82) is 0 Å². The summed E-state index contributed by atoms with van der Waals surface area (Å²) in [4.78, 5) is 56.0. The molecule has 1 aliphatic heterocycles. The first-order valence-corrected chi connectivity index (χ1v) is 17.3. The van der Waals surface area contributed by atoms with E-state index in [0.29, 0.717) is 30.9 Å². The molecule has 1 saturated carbocycles. The molecule has 1 saturated heterocycles. The Labute approximate surface area is 288 Å². The van der Waals surface area contributed by atoms with Gasteiger partial charge in [0.2, 0.25) is 17.7 Å². The molecule has 4 amide bonds. The van der Waals surface area contributed by atoms with Gasteiger partial charge in [0, 0.05) is 63.9 Å². The minimum Gasteiger partial charge on any atom is -0.496 e. The van der Waals surface area contributed by atoms with Crippen molar-refractivity contribution >= 4 is 29.3 Å². The summed E-state index contributed by atoms with van der Waals surface area (Å²) >= 11 is 0. The van der Waals surface area contributed by atoms with Gasteiger partial charge in [0.15, 0.2) is 0 Å². The second kappa shape index (κ2) is 16.6. The van der Waals surface area contributed by atoms with Gasteiger partial charge >= 0.3 is 0 Å². The van der Waals surface area contributed by atoms with Crippen molar-refractivity contribution in [1.82, 2.24) is 24.9 Å². The average Bonchev–Trinajstić information content (AvgIpc) is 3.50. The normalized spacial score (nSPS) is 16.8. The zero-order valence-electron chi connectivity index (χ0n) is 28.8. The van der Waals surface area contributed by atoms with E-state index in [4.69, 9.17) is 10.5 Å². The van der Waals surface area contributed by atoms with Gasteiger partial charge in [0.25, 0.3) is 5.91 Å². The highest BCUT2D eigenvalue weighted by molar-refractivity contribution is 5.97. The Morgan fingerprint density at radius 1 is 0.980 bits per heavy atom. The highest BCUT2D eigenvalue weighted by Gasteiger charge is 2.34. The molecule has 2 aromatic carbocycles. The number of carbonyl (C=O) groups excluding carboxylic acids is 4. The molecule has 49 heavy (non-hydrogen) atoms. The molecule has 0 unspecified atom stereocenters. The molecule has 0 spiro atoms. The summed E-state index contributed by atoms with van der Waals surface area (Å²) in [5.41, 5.74) is 8.94. The Morgan fingerprint density at radius 2 is 1.67 bits per heavy atom. The Balaban J connectivity index is 1.23. The molecule has 2 heterocycles. The number of amides is 4. The molecule has 3 aromatic rings. The van der Waals surface area contributed by atoms with E-state index in [9.17, 15) is 19.2 Å². The minimum absolute atomic E-state index is 0.0999. The molecule has 12 nitrogen and oxygen atoms in total. The number of ether oxygens (including phenoxy) is 1. The lowest BCUT2D eigenvalue weighted by Crippen LogP contribution is -2.55. The number of hydrogen-bond acceptors (Lipinski definition) is 7. The lowest BCUT2D eigenvalue weighted by molar-refractivity contribution is -0.138. The molecule has 1 aromatic heterocycles. The molecule has 2 aliphatic rings. The van der Waals surface area contributed by atoms with E-state index in [0.717, 1.165) is 68.6 Å². The van der Waals surface area contributed by atoms with E-state index < -0.39 is 17.9 Å². The minimum atomic E-state index is -0.701. The van der Waals surface area contributed by atoms with Gasteiger partial charge in [0.1, 0.15) is 17.5 Å². The predicted molar refractivity (Wildman–Crippen MR) is 187 cm³/mol. The Kier molecular flexibility index (Phi) is 12.1. The number of nitrogens with zero attached hydrogens (tertiary/aromatic N) is 4. The van der Waals surface area contributed by atoms with Gasteiger partial charge in [-0.25, -0.2) is 0 Å². The molecule has 1 aliphatic carbocycles. The Bertz CT molecular complexity index is 1610. The monoisotopic (exact) mass is 671 g/mol. The van der Waals surface area contributed by atoms with Crippen molar-refractivity contribution in [3.05, 3.63) is 77.1 Å². The van der Waals surface area contributed by atoms with Crippen LogP contribution in [0.2, 0.25) is 0 Å². The first-order chi connectivity index (χ1) is 23.7. The van der Waals surface area contributed by atoms with Crippen LogP contribution >= 0.6 is 0 Å². The van der Waals surface area contributed by atoms with Gasteiger partial charge in [-0.1, -0.05) is 56.5 Å². The topological polar surface area (TPSA) is 152 Å². The number of para-hydroxylation sites is 1. The first-order valence-electron chi connectivity index (χ1n) is 17.3. The number of carbonyl (C=O) groups is 4. The molecule has 0 radical (unpaired) electrons. The Morgan fingerprint density at radius 3 is 2.31 bits per heavy atom. The maximum Gasteiger partial charge on any atom is 0.266 e. The molecule has 2 atom stereocenters. The average molecular weight is 672 g/mol. The number of rotatable bonds is 13. The van der Waals surface area contributed by atoms with E-state index in [-0.39, 0.29) is 35.8 Å². The van der Waals surface area contributed by atoms with E-state index in [1.807, 2.05) is 47.4 Å². The number of methoxy groups -OCH3 is 1. The van der Waals surface area contributed by atoms with Crippen molar-refractivity contribution in [3.8, 4) is 5.75 Å². The molecule has 262 valence electrons. The van der Waals surface area contributed by atoms with E-state index in [1.165, 1.54) is 4.68 Å². The Hall–Kier alpha value is -4.71. The molecular weight excluding hydrogens is 622 g/mol. The number of nitrogens with one attached hydrogen (secondary N) is 2. The van der Waals surface area contributed by atoms with Crippen LogP contribution in [-0.2, 0) is 34.4 Å². The number of anilines is 1. The molecule has 2 fully saturated rings. The number of hydrogen-bond donors (Lipinski definition) is 3. The quantitative estimate of drug-likeness (QED) is 0.251. The van der Waals surface area contributed by atoms with Crippen LogP contribution in [0.3, 0.4) is 0 Å². The fourth-order valence-corrected chi connectivity index (χ4v) is 7.03. The number of primary amides is 1. The van der Waals surface area contributed by atoms with Crippen molar-refractivity contribution < 1.29 is 23.9 Å². The second-order valence-electron chi connectivity index (χ2n) is 13.1. The number of benzene rings is 2. The highest BCUT2D eigenvalue weighted by Crippen LogP contribution is 2.37. The number of nitrogens with two attached hydrogens (primary N) is 1. The fourth-order valence-electron chi connectivity index (χ4n) is 7.03. The van der Waals surface area contributed by atoms with Gasteiger partial charge in [-0.15, -0.1) is 0 Å². The van der Waals surface area contributed by atoms with Crippen molar-refractivity contribution in [2.45, 2.75) is 70.4 Å². The van der Waals surface area contributed by atoms with E-state index >= 15 is 0 Å². The molecule has 4 N–H and O–H groups in total. The van der Waals surface area contributed by atoms with Gasteiger partial charge in [-0.05, 0) is 48.6 Å². The summed E-state index contributed by atoms with van der Waals surface area (Å²) < 4.78 is 6.94. The number of aryl methyl sites for hydroxylation is 1. The van der Waals surface area contributed by atoms with Crippen LogP contribution in [0.5, 0.6) is 5.75 Å². The van der Waals surface area contributed by atoms with Crippen LogP contribution in [0.1, 0.15) is 78.7 Å². The summed E-state index contributed by atoms with van der Waals surface area (Å²) in [7, 11) is 3.33. The second-order valence-corrected chi connectivity index (χ2v) is 13.1. The van der Waals surface area contributed by atoms with E-state index in [1.54, 1.807) is 27.1 Å². The standard InChI is InChI=1S/C37H49N7O5/c1-4-33(45)40-30(37(48)44-20-18-43(19-21-44)24-27-12-8-9-13-32(27)49-3)22-25-14-16-28(17-15-25)39-36(47)34(26-10-6-5-7-11-26)29-23-31(35(38)46)42(2)41-29/h8-9,12-17,23,26,30,34H,4-7,10-11,18-22,24H2,1-3H3,(H2,38,46)(H,39,47)(H,40,45)/t30-,34+/m1/s1. The highest BCUT2D eigenvalue weighted by atomic mass is 16.5. The predicted octanol–water partition coefficient (Wildman–Crippen LogP) is 3.61. The van der Waals surface area contributed by atoms with Crippen LogP contribution in [0, 0.1) is 5.92 Å². The van der Waals surface area contributed by atoms with Crippen LogP contribution in [0.4, 0.5) is 5.69 Å². The molecular formula is C37H49N7O5. The SMILES string of the molecule is CCC(=O)N[C@H](Cc1ccc(NC(=O)[C@H](c2cc(C(N)=O)n(C)n2)C2CCCCC2)cc1)C(=O)N1CCN(Cc2ccccc2OC)CC1. The van der Waals surface area contributed by atoms with Gasteiger partial charge in [0.05, 0.1) is 18.7 Å².